The van der Waals surface area contributed by atoms with E-state index in [9.17, 15) is 5.11 Å². The number of hydrogen-bond acceptors (Lipinski definition) is 2. The maximum absolute atomic E-state index is 9.43. The molecule has 0 saturated heterocycles. The molecule has 2 rings (SSSR count). The topological polar surface area (TPSA) is 20.2 Å². The van der Waals surface area contributed by atoms with Gasteiger partial charge < -0.3 is 5.11 Å². The highest BCUT2D eigenvalue weighted by Crippen LogP contribution is 2.27. The molecular weight excluding hydrogens is 204 g/mol. The Morgan fingerprint density at radius 1 is 1.40 bits per heavy atom. The Bertz CT molecular complexity index is 494. The highest BCUT2D eigenvalue weighted by molar-refractivity contribution is 7.17. The van der Waals surface area contributed by atoms with Gasteiger partial charge in [0.05, 0.1) is 6.10 Å². The summed E-state index contributed by atoms with van der Waals surface area (Å²) in [7, 11) is 0. The Morgan fingerprint density at radius 2 is 2.13 bits per heavy atom. The molecule has 1 N–H and O–H groups in total. The zero-order valence-corrected chi connectivity index (χ0v) is 9.71. The van der Waals surface area contributed by atoms with Crippen molar-refractivity contribution in [2.75, 3.05) is 0 Å². The third-order valence-corrected chi connectivity index (χ3v) is 3.53. The van der Waals surface area contributed by atoms with E-state index in [1.807, 2.05) is 19.1 Å². The monoisotopic (exact) mass is 218 g/mol. The van der Waals surface area contributed by atoms with Crippen LogP contribution in [0.1, 0.15) is 19.4 Å². The van der Waals surface area contributed by atoms with Crippen molar-refractivity contribution in [3.63, 3.8) is 0 Å². The van der Waals surface area contributed by atoms with Crippen molar-refractivity contribution in [1.82, 2.24) is 0 Å². The molecule has 1 unspecified atom stereocenters. The van der Waals surface area contributed by atoms with E-state index in [1.54, 1.807) is 18.3 Å². The fourth-order valence-corrected chi connectivity index (χ4v) is 2.39. The van der Waals surface area contributed by atoms with Gasteiger partial charge in [0.1, 0.15) is 0 Å². The minimum Gasteiger partial charge on any atom is -0.389 e. The molecule has 0 aliphatic heterocycles. The largest absolute Gasteiger partial charge is 0.389 e. The molecule has 0 saturated carbocycles. The third kappa shape index (κ3) is 2.11. The molecule has 0 fully saturated rings. The summed E-state index contributed by atoms with van der Waals surface area (Å²) in [5, 5.41) is 12.8. The smallest absolute Gasteiger partial charge is 0.0722 e. The molecule has 1 aromatic heterocycles. The second-order valence-corrected chi connectivity index (χ2v) is 4.66. The quantitative estimate of drug-likeness (QED) is 0.815. The van der Waals surface area contributed by atoms with Gasteiger partial charge in [0.15, 0.2) is 0 Å². The number of benzene rings is 1. The van der Waals surface area contributed by atoms with Crippen LogP contribution in [0.4, 0.5) is 0 Å². The Kier molecular flexibility index (Phi) is 2.89. The van der Waals surface area contributed by atoms with Gasteiger partial charge >= 0.3 is 0 Å². The molecule has 78 valence electrons. The fraction of sp³-hybridized carbons (Fsp3) is 0.231. The minimum absolute atomic E-state index is 0.372. The van der Waals surface area contributed by atoms with Crippen molar-refractivity contribution < 1.29 is 5.11 Å². The van der Waals surface area contributed by atoms with Crippen LogP contribution in [0, 0.1) is 0 Å². The zero-order valence-electron chi connectivity index (χ0n) is 8.90. The first kappa shape index (κ1) is 10.4. The summed E-state index contributed by atoms with van der Waals surface area (Å²) in [6.45, 7) is 3.75. The van der Waals surface area contributed by atoms with Crippen LogP contribution in [0.25, 0.3) is 16.2 Å². The number of hydrogen-bond donors (Lipinski definition) is 1. The first-order valence-corrected chi connectivity index (χ1v) is 5.89. The van der Waals surface area contributed by atoms with Crippen LogP contribution in [0.3, 0.4) is 0 Å². The van der Waals surface area contributed by atoms with Gasteiger partial charge in [0.25, 0.3) is 0 Å². The van der Waals surface area contributed by atoms with E-state index in [4.69, 9.17) is 0 Å². The second kappa shape index (κ2) is 4.17. The molecule has 1 aromatic carbocycles. The Labute approximate surface area is 93.7 Å². The van der Waals surface area contributed by atoms with E-state index in [-0.39, 0.29) is 6.10 Å². The summed E-state index contributed by atoms with van der Waals surface area (Å²) in [4.78, 5) is 0. The SMILES string of the molecule is C/C(=C\c1csc2ccccc12)C(C)O. The van der Waals surface area contributed by atoms with Gasteiger partial charge in [0, 0.05) is 4.70 Å². The normalized spacial score (nSPS) is 14.5. The number of aliphatic hydroxyl groups excluding tert-OH is 1. The number of aliphatic hydroxyl groups is 1. The third-order valence-electron chi connectivity index (χ3n) is 2.55. The highest BCUT2D eigenvalue weighted by atomic mass is 32.1. The van der Waals surface area contributed by atoms with E-state index >= 15 is 0 Å². The molecule has 1 atom stereocenters. The lowest BCUT2D eigenvalue weighted by molar-refractivity contribution is 0.232. The standard InChI is InChI=1S/C13H14OS/c1-9(10(2)14)7-11-8-15-13-6-4-3-5-12(11)13/h3-8,10,14H,1-2H3/b9-7+. The van der Waals surface area contributed by atoms with Crippen LogP contribution < -0.4 is 0 Å². The van der Waals surface area contributed by atoms with E-state index in [0.717, 1.165) is 5.57 Å². The first-order valence-electron chi connectivity index (χ1n) is 5.01. The molecule has 0 bridgehead atoms. The Morgan fingerprint density at radius 3 is 2.87 bits per heavy atom. The van der Waals surface area contributed by atoms with E-state index in [2.05, 4.69) is 23.6 Å². The number of rotatable bonds is 2. The summed E-state index contributed by atoms with van der Waals surface area (Å²) in [6.07, 6.45) is 1.69. The first-order chi connectivity index (χ1) is 7.18. The number of fused-ring (bicyclic) bond motifs is 1. The second-order valence-electron chi connectivity index (χ2n) is 3.75. The molecule has 1 nitrogen and oxygen atoms in total. The van der Waals surface area contributed by atoms with Gasteiger partial charge in [-0.3, -0.25) is 0 Å². The van der Waals surface area contributed by atoms with Crippen molar-refractivity contribution in [2.45, 2.75) is 20.0 Å². The lowest BCUT2D eigenvalue weighted by Gasteiger charge is -2.03. The minimum atomic E-state index is -0.372. The lowest BCUT2D eigenvalue weighted by Crippen LogP contribution is -1.99. The van der Waals surface area contributed by atoms with Crippen LogP contribution in [-0.2, 0) is 0 Å². The van der Waals surface area contributed by atoms with Gasteiger partial charge in [-0.25, -0.2) is 0 Å². The van der Waals surface area contributed by atoms with Crippen LogP contribution in [0.15, 0.2) is 35.2 Å². The molecule has 2 heteroatoms. The summed E-state index contributed by atoms with van der Waals surface area (Å²) in [5.41, 5.74) is 2.20. The fourth-order valence-electron chi connectivity index (χ4n) is 1.48. The highest BCUT2D eigenvalue weighted by Gasteiger charge is 2.03. The summed E-state index contributed by atoms with van der Waals surface area (Å²) < 4.78 is 1.29. The molecule has 0 aliphatic rings. The lowest BCUT2D eigenvalue weighted by atomic mass is 10.1. The van der Waals surface area contributed by atoms with Gasteiger partial charge in [0.2, 0.25) is 0 Å². The van der Waals surface area contributed by atoms with E-state index in [0.29, 0.717) is 0 Å². The van der Waals surface area contributed by atoms with Crippen molar-refractivity contribution in [1.29, 1.82) is 0 Å². The molecular formula is C13H14OS. The predicted octanol–water partition coefficient (Wildman–Crippen LogP) is 3.69. The molecule has 15 heavy (non-hydrogen) atoms. The van der Waals surface area contributed by atoms with Crippen LogP contribution >= 0.6 is 11.3 Å². The van der Waals surface area contributed by atoms with Crippen molar-refractivity contribution in [3.8, 4) is 0 Å². The van der Waals surface area contributed by atoms with Crippen LogP contribution in [0.2, 0.25) is 0 Å². The van der Waals surface area contributed by atoms with Crippen LogP contribution in [0.5, 0.6) is 0 Å². The maximum Gasteiger partial charge on any atom is 0.0722 e. The zero-order chi connectivity index (χ0) is 10.8. The predicted molar refractivity (Wildman–Crippen MR) is 67.2 cm³/mol. The van der Waals surface area contributed by atoms with Gasteiger partial charge in [-0.1, -0.05) is 24.3 Å². The van der Waals surface area contributed by atoms with Crippen molar-refractivity contribution in [2.24, 2.45) is 0 Å². The maximum atomic E-state index is 9.43. The Balaban J connectivity index is 2.49. The average Bonchev–Trinajstić information content (AvgIpc) is 2.62. The van der Waals surface area contributed by atoms with Gasteiger partial charge in [-0.05, 0) is 41.8 Å². The van der Waals surface area contributed by atoms with Gasteiger partial charge in [-0.2, -0.15) is 0 Å². The molecule has 0 amide bonds. The summed E-state index contributed by atoms with van der Waals surface area (Å²) >= 11 is 1.74. The molecule has 0 aliphatic carbocycles. The summed E-state index contributed by atoms with van der Waals surface area (Å²) in [5.74, 6) is 0. The van der Waals surface area contributed by atoms with Crippen LogP contribution in [-0.4, -0.2) is 11.2 Å². The van der Waals surface area contributed by atoms with Gasteiger partial charge in [-0.15, -0.1) is 11.3 Å². The average molecular weight is 218 g/mol. The molecule has 0 radical (unpaired) electrons. The molecule has 1 heterocycles. The number of thiophene rings is 1. The molecule has 2 aromatic rings. The summed E-state index contributed by atoms with van der Waals surface area (Å²) in [6, 6.07) is 8.33. The molecule has 0 spiro atoms. The van der Waals surface area contributed by atoms with Crippen molar-refractivity contribution >= 4 is 27.5 Å². The Hall–Kier alpha value is -1.12. The van der Waals surface area contributed by atoms with Crippen molar-refractivity contribution in [3.05, 3.63) is 40.8 Å². The van der Waals surface area contributed by atoms with E-state index < -0.39 is 0 Å². The van der Waals surface area contributed by atoms with E-state index in [1.165, 1.54) is 15.6 Å².